The Labute approximate surface area is 164 Å². The summed E-state index contributed by atoms with van der Waals surface area (Å²) in [5, 5.41) is 2.76. The van der Waals surface area contributed by atoms with Crippen LogP contribution in [0.15, 0.2) is 59.8 Å². The molecule has 0 bridgehead atoms. The molecule has 0 fully saturated rings. The second-order valence-electron chi connectivity index (χ2n) is 6.57. The molecule has 1 aromatic heterocycles. The Balaban J connectivity index is 1.86. The molecule has 146 valence electrons. The molecule has 3 aromatic rings. The first-order chi connectivity index (χ1) is 13.2. The van der Waals surface area contributed by atoms with Gasteiger partial charge in [-0.15, -0.1) is 0 Å². The van der Waals surface area contributed by atoms with Crippen LogP contribution in [-0.2, 0) is 10.0 Å². The van der Waals surface area contributed by atoms with E-state index in [0.717, 1.165) is 21.4 Å². The van der Waals surface area contributed by atoms with E-state index in [-0.39, 0.29) is 10.5 Å². The minimum Gasteiger partial charge on any atom is -0.322 e. The molecule has 0 saturated carbocycles. The van der Waals surface area contributed by atoms with Crippen molar-refractivity contribution in [3.05, 3.63) is 71.8 Å². The first-order valence-corrected chi connectivity index (χ1v) is 10.1. The van der Waals surface area contributed by atoms with E-state index < -0.39 is 15.9 Å². The van der Waals surface area contributed by atoms with E-state index in [2.05, 4.69) is 10.3 Å². The Hall–Kier alpha value is -2.97. The largest absolute Gasteiger partial charge is 0.322 e. The van der Waals surface area contributed by atoms with Gasteiger partial charge in [-0.25, -0.2) is 17.7 Å². The van der Waals surface area contributed by atoms with Crippen LogP contribution in [0.5, 0.6) is 0 Å². The molecule has 0 unspecified atom stereocenters. The zero-order valence-electron chi connectivity index (χ0n) is 16.2. The Morgan fingerprint density at radius 1 is 1.04 bits per heavy atom. The van der Waals surface area contributed by atoms with Gasteiger partial charge in [0.15, 0.2) is 0 Å². The molecule has 2 aromatic carbocycles. The number of carbonyl (C=O) groups excluding carboxylic acids is 1. The highest BCUT2D eigenvalue weighted by molar-refractivity contribution is 7.89. The molecule has 0 aliphatic rings. The Morgan fingerprint density at radius 2 is 1.68 bits per heavy atom. The van der Waals surface area contributed by atoms with Gasteiger partial charge < -0.3 is 9.88 Å². The first-order valence-electron chi connectivity index (χ1n) is 8.65. The maximum absolute atomic E-state index is 12.7. The minimum absolute atomic E-state index is 0.0290. The first kappa shape index (κ1) is 19.8. The number of carbonyl (C=O) groups is 1. The summed E-state index contributed by atoms with van der Waals surface area (Å²) in [6.45, 7) is 3.93. The van der Waals surface area contributed by atoms with Crippen molar-refractivity contribution in [2.45, 2.75) is 18.7 Å². The summed E-state index contributed by atoms with van der Waals surface area (Å²) in [5.74, 6) is -0.483. The second-order valence-corrected chi connectivity index (χ2v) is 8.69. The number of aromatic nitrogens is 2. The van der Waals surface area contributed by atoms with Gasteiger partial charge in [-0.2, -0.15) is 0 Å². The van der Waals surface area contributed by atoms with Gasteiger partial charge in [0.2, 0.25) is 10.0 Å². The van der Waals surface area contributed by atoms with Gasteiger partial charge in [0, 0.05) is 31.2 Å². The number of hydrogen-bond acceptors (Lipinski definition) is 4. The third-order valence-electron chi connectivity index (χ3n) is 4.55. The maximum Gasteiger partial charge on any atom is 0.257 e. The van der Waals surface area contributed by atoms with Gasteiger partial charge in [-0.05, 0) is 50.2 Å². The lowest BCUT2D eigenvalue weighted by Gasteiger charge is -2.15. The predicted molar refractivity (Wildman–Crippen MR) is 108 cm³/mol. The van der Waals surface area contributed by atoms with Crippen molar-refractivity contribution in [2.75, 3.05) is 19.4 Å². The molecule has 1 heterocycles. The van der Waals surface area contributed by atoms with Gasteiger partial charge in [0.1, 0.15) is 0 Å². The van der Waals surface area contributed by atoms with Crippen molar-refractivity contribution in [1.82, 2.24) is 13.9 Å². The lowest BCUT2D eigenvalue weighted by Crippen LogP contribution is -2.25. The molecular formula is C20H22N4O3S. The van der Waals surface area contributed by atoms with Crippen molar-refractivity contribution >= 4 is 21.6 Å². The lowest BCUT2D eigenvalue weighted by molar-refractivity contribution is 0.102. The average Bonchev–Trinajstić information content (AvgIpc) is 3.01. The quantitative estimate of drug-likeness (QED) is 0.716. The van der Waals surface area contributed by atoms with E-state index in [1.165, 1.54) is 26.2 Å². The number of hydrogen-bond donors (Lipinski definition) is 1. The number of aryl methyl sites for hydroxylation is 1. The van der Waals surface area contributed by atoms with Crippen LogP contribution in [0.1, 0.15) is 21.7 Å². The summed E-state index contributed by atoms with van der Waals surface area (Å²) in [7, 11) is -0.862. The summed E-state index contributed by atoms with van der Waals surface area (Å²) < 4.78 is 28.0. The minimum atomic E-state index is -3.73. The smallest absolute Gasteiger partial charge is 0.257 e. The fourth-order valence-corrected chi connectivity index (χ4v) is 3.82. The normalized spacial score (nSPS) is 11.6. The van der Waals surface area contributed by atoms with Crippen LogP contribution in [0.3, 0.4) is 0 Å². The van der Waals surface area contributed by atoms with Crippen LogP contribution in [0, 0.1) is 13.8 Å². The van der Waals surface area contributed by atoms with E-state index in [1.807, 2.05) is 30.5 Å². The SMILES string of the molecule is Cc1ncn(-c2ccc(NC(=O)c3ccccc3S(=O)(=O)N(C)C)cc2)c1C. The van der Waals surface area contributed by atoms with Gasteiger partial charge in [-0.3, -0.25) is 4.79 Å². The van der Waals surface area contributed by atoms with Crippen LogP contribution in [-0.4, -0.2) is 42.3 Å². The number of nitrogens with one attached hydrogen (secondary N) is 1. The molecule has 0 radical (unpaired) electrons. The third kappa shape index (κ3) is 3.69. The molecule has 1 amide bonds. The average molecular weight is 398 g/mol. The zero-order chi connectivity index (χ0) is 20.5. The number of imidazole rings is 1. The Morgan fingerprint density at radius 3 is 2.25 bits per heavy atom. The van der Waals surface area contributed by atoms with Crippen LogP contribution >= 0.6 is 0 Å². The monoisotopic (exact) mass is 398 g/mol. The van der Waals surface area contributed by atoms with E-state index in [9.17, 15) is 13.2 Å². The summed E-state index contributed by atoms with van der Waals surface area (Å²) in [4.78, 5) is 17.0. The predicted octanol–water partition coefficient (Wildman–Crippen LogP) is 2.99. The Kier molecular flexibility index (Phi) is 5.35. The van der Waals surface area contributed by atoms with E-state index in [0.29, 0.717) is 5.69 Å². The van der Waals surface area contributed by atoms with E-state index in [1.54, 1.807) is 30.6 Å². The Bertz CT molecular complexity index is 1120. The zero-order valence-corrected chi connectivity index (χ0v) is 17.0. The standard InChI is InChI=1S/C20H22N4O3S/c1-14-15(2)24(13-21-14)17-11-9-16(10-12-17)22-20(25)18-7-5-6-8-19(18)28(26,27)23(3)4/h5-13H,1-4H3,(H,22,25). The molecule has 0 atom stereocenters. The third-order valence-corrected chi connectivity index (χ3v) is 6.42. The molecule has 0 aliphatic carbocycles. The topological polar surface area (TPSA) is 84.3 Å². The molecule has 0 aliphatic heterocycles. The number of benzene rings is 2. The number of amides is 1. The highest BCUT2D eigenvalue weighted by Crippen LogP contribution is 2.21. The van der Waals surface area contributed by atoms with E-state index >= 15 is 0 Å². The summed E-state index contributed by atoms with van der Waals surface area (Å²) in [6.07, 6.45) is 1.75. The molecule has 0 spiro atoms. The lowest BCUT2D eigenvalue weighted by atomic mass is 10.2. The van der Waals surface area contributed by atoms with E-state index in [4.69, 9.17) is 0 Å². The van der Waals surface area contributed by atoms with Crippen LogP contribution in [0.4, 0.5) is 5.69 Å². The molecule has 8 heteroatoms. The van der Waals surface area contributed by atoms with Gasteiger partial charge in [0.25, 0.3) is 5.91 Å². The number of sulfonamides is 1. The number of anilines is 1. The maximum atomic E-state index is 12.7. The van der Waals surface area contributed by atoms with Crippen molar-refractivity contribution < 1.29 is 13.2 Å². The molecule has 3 rings (SSSR count). The van der Waals surface area contributed by atoms with Gasteiger partial charge >= 0.3 is 0 Å². The summed E-state index contributed by atoms with van der Waals surface area (Å²) in [6, 6.07) is 13.4. The van der Waals surface area contributed by atoms with Crippen molar-refractivity contribution in [1.29, 1.82) is 0 Å². The van der Waals surface area contributed by atoms with Crippen molar-refractivity contribution in [2.24, 2.45) is 0 Å². The fraction of sp³-hybridized carbons (Fsp3) is 0.200. The highest BCUT2D eigenvalue weighted by Gasteiger charge is 2.24. The van der Waals surface area contributed by atoms with Crippen LogP contribution in [0.25, 0.3) is 5.69 Å². The summed E-state index contributed by atoms with van der Waals surface area (Å²) in [5.41, 5.74) is 3.59. The molecule has 0 saturated heterocycles. The summed E-state index contributed by atoms with van der Waals surface area (Å²) >= 11 is 0. The second kappa shape index (κ2) is 7.57. The van der Waals surface area contributed by atoms with Crippen molar-refractivity contribution in [3.63, 3.8) is 0 Å². The molecular weight excluding hydrogens is 376 g/mol. The highest BCUT2D eigenvalue weighted by atomic mass is 32.2. The van der Waals surface area contributed by atoms with Crippen LogP contribution in [0.2, 0.25) is 0 Å². The van der Waals surface area contributed by atoms with Gasteiger partial charge in [-0.1, -0.05) is 12.1 Å². The number of rotatable bonds is 5. The molecule has 1 N–H and O–H groups in total. The van der Waals surface area contributed by atoms with Crippen LogP contribution < -0.4 is 5.32 Å². The molecule has 28 heavy (non-hydrogen) atoms. The fourth-order valence-electron chi connectivity index (χ4n) is 2.74. The van der Waals surface area contributed by atoms with Crippen molar-refractivity contribution in [3.8, 4) is 5.69 Å². The molecule has 7 nitrogen and oxygen atoms in total. The number of nitrogens with zero attached hydrogens (tertiary/aromatic N) is 3. The van der Waals surface area contributed by atoms with Gasteiger partial charge in [0.05, 0.1) is 22.5 Å².